The number of nitrogens with zero attached hydrogens (tertiary/aromatic N) is 2. The van der Waals surface area contributed by atoms with Gasteiger partial charge in [0.1, 0.15) is 17.0 Å². The number of para-hydroxylation sites is 1. The Kier molecular flexibility index (Phi) is 2.08. The third kappa shape index (κ3) is 1.45. The van der Waals surface area contributed by atoms with E-state index in [0.717, 1.165) is 0 Å². The van der Waals surface area contributed by atoms with E-state index in [-0.39, 0.29) is 5.43 Å². The van der Waals surface area contributed by atoms with Crippen LogP contribution in [0.3, 0.4) is 0 Å². The van der Waals surface area contributed by atoms with E-state index < -0.39 is 0 Å². The molecule has 3 rings (SSSR count). The first kappa shape index (κ1) is 9.84. The molecule has 0 radical (unpaired) electrons. The first-order chi connectivity index (χ1) is 8.27. The maximum Gasteiger partial charge on any atom is 0.216 e. The van der Waals surface area contributed by atoms with Gasteiger partial charge in [0.2, 0.25) is 5.43 Å². The fraction of sp³-hybridized carbons (Fsp3) is 0.0769. The van der Waals surface area contributed by atoms with Gasteiger partial charge in [-0.25, -0.2) is 4.98 Å². The van der Waals surface area contributed by atoms with Gasteiger partial charge in [0.25, 0.3) is 0 Å². The summed E-state index contributed by atoms with van der Waals surface area (Å²) in [4.78, 5) is 16.3. The van der Waals surface area contributed by atoms with Gasteiger partial charge in [-0.3, -0.25) is 9.36 Å². The van der Waals surface area contributed by atoms with Gasteiger partial charge >= 0.3 is 0 Å². The standard InChI is InChI=1S/C13H10N2O2/c1-9-12(15-7-6-14-8-15)13(16)10-4-2-3-5-11(10)17-9/h2-8H,1H3. The highest BCUT2D eigenvalue weighted by atomic mass is 16.3. The van der Waals surface area contributed by atoms with Crippen molar-refractivity contribution in [1.29, 1.82) is 0 Å². The normalized spacial score (nSPS) is 10.9. The van der Waals surface area contributed by atoms with Crippen molar-refractivity contribution in [2.45, 2.75) is 6.92 Å². The second-order valence-corrected chi connectivity index (χ2v) is 3.80. The molecule has 3 aromatic rings. The summed E-state index contributed by atoms with van der Waals surface area (Å²) in [6.07, 6.45) is 4.95. The molecule has 17 heavy (non-hydrogen) atoms. The van der Waals surface area contributed by atoms with E-state index in [1.54, 1.807) is 42.3 Å². The molecule has 0 bridgehead atoms. The Hall–Kier alpha value is -2.36. The molecule has 84 valence electrons. The van der Waals surface area contributed by atoms with Crippen LogP contribution in [0.25, 0.3) is 16.7 Å². The van der Waals surface area contributed by atoms with Crippen molar-refractivity contribution in [2.75, 3.05) is 0 Å². The maximum absolute atomic E-state index is 12.3. The first-order valence-corrected chi connectivity index (χ1v) is 5.28. The van der Waals surface area contributed by atoms with E-state index in [1.807, 2.05) is 12.1 Å². The number of hydrogen-bond acceptors (Lipinski definition) is 3. The highest BCUT2D eigenvalue weighted by Crippen LogP contribution is 2.17. The lowest BCUT2D eigenvalue weighted by atomic mass is 10.2. The second-order valence-electron chi connectivity index (χ2n) is 3.80. The van der Waals surface area contributed by atoms with Crippen molar-refractivity contribution in [3.05, 3.63) is 59.0 Å². The van der Waals surface area contributed by atoms with Crippen molar-refractivity contribution in [2.24, 2.45) is 0 Å². The van der Waals surface area contributed by atoms with E-state index in [0.29, 0.717) is 22.4 Å². The number of fused-ring (bicyclic) bond motifs is 1. The number of aryl methyl sites for hydroxylation is 1. The maximum atomic E-state index is 12.3. The summed E-state index contributed by atoms with van der Waals surface area (Å²) < 4.78 is 7.32. The first-order valence-electron chi connectivity index (χ1n) is 5.28. The van der Waals surface area contributed by atoms with Crippen molar-refractivity contribution < 1.29 is 4.42 Å². The minimum atomic E-state index is -0.0395. The number of hydrogen-bond donors (Lipinski definition) is 0. The molecular weight excluding hydrogens is 216 g/mol. The Morgan fingerprint density at radius 2 is 2.12 bits per heavy atom. The second kappa shape index (κ2) is 3.59. The molecule has 0 aliphatic carbocycles. The molecule has 0 fully saturated rings. The fourth-order valence-electron chi connectivity index (χ4n) is 1.93. The van der Waals surface area contributed by atoms with Crippen LogP contribution in [0.4, 0.5) is 0 Å². The number of imidazole rings is 1. The average Bonchev–Trinajstić information content (AvgIpc) is 2.83. The zero-order valence-corrected chi connectivity index (χ0v) is 9.25. The van der Waals surface area contributed by atoms with Crippen LogP contribution < -0.4 is 5.43 Å². The lowest BCUT2D eigenvalue weighted by Crippen LogP contribution is -2.12. The smallest absolute Gasteiger partial charge is 0.216 e. The van der Waals surface area contributed by atoms with Crippen LogP contribution in [0.1, 0.15) is 5.76 Å². The van der Waals surface area contributed by atoms with Crippen LogP contribution >= 0.6 is 0 Å². The summed E-state index contributed by atoms with van der Waals surface area (Å²) in [6, 6.07) is 7.23. The summed E-state index contributed by atoms with van der Waals surface area (Å²) in [6.45, 7) is 1.78. The van der Waals surface area contributed by atoms with Gasteiger partial charge < -0.3 is 4.42 Å². The zero-order chi connectivity index (χ0) is 11.8. The Morgan fingerprint density at radius 3 is 2.88 bits per heavy atom. The summed E-state index contributed by atoms with van der Waals surface area (Å²) >= 11 is 0. The molecule has 0 N–H and O–H groups in total. The Labute approximate surface area is 97.1 Å². The van der Waals surface area contributed by atoms with Gasteiger partial charge in [0, 0.05) is 12.4 Å². The fourth-order valence-corrected chi connectivity index (χ4v) is 1.93. The lowest BCUT2D eigenvalue weighted by molar-refractivity contribution is 0.559. The summed E-state index contributed by atoms with van der Waals surface area (Å²) in [5.41, 5.74) is 1.09. The van der Waals surface area contributed by atoms with Crippen LogP contribution in [0.5, 0.6) is 0 Å². The van der Waals surface area contributed by atoms with E-state index in [9.17, 15) is 4.79 Å². The molecule has 0 atom stereocenters. The van der Waals surface area contributed by atoms with Gasteiger partial charge in [0.15, 0.2) is 0 Å². The number of benzene rings is 1. The molecule has 1 aromatic carbocycles. The van der Waals surface area contributed by atoms with Crippen LogP contribution in [0.2, 0.25) is 0 Å². The largest absolute Gasteiger partial charge is 0.459 e. The van der Waals surface area contributed by atoms with Gasteiger partial charge in [-0.1, -0.05) is 12.1 Å². The van der Waals surface area contributed by atoms with Crippen LogP contribution in [0.15, 0.2) is 52.2 Å². The molecule has 0 saturated carbocycles. The van der Waals surface area contributed by atoms with E-state index in [2.05, 4.69) is 4.98 Å². The molecule has 0 aliphatic rings. The summed E-state index contributed by atoms with van der Waals surface area (Å²) in [5.74, 6) is 0.590. The summed E-state index contributed by atoms with van der Waals surface area (Å²) in [7, 11) is 0. The predicted molar refractivity (Wildman–Crippen MR) is 64.3 cm³/mol. The minimum absolute atomic E-state index is 0.0395. The van der Waals surface area contributed by atoms with Crippen LogP contribution in [-0.4, -0.2) is 9.55 Å². The van der Waals surface area contributed by atoms with Crippen LogP contribution in [0, 0.1) is 6.92 Å². The SMILES string of the molecule is Cc1oc2ccccc2c(=O)c1-n1ccnc1. The monoisotopic (exact) mass is 226 g/mol. The van der Waals surface area contributed by atoms with Gasteiger partial charge in [-0.2, -0.15) is 0 Å². The minimum Gasteiger partial charge on any atom is -0.459 e. The Bertz CT molecular complexity index is 727. The van der Waals surface area contributed by atoms with Crippen molar-refractivity contribution >= 4 is 11.0 Å². The van der Waals surface area contributed by atoms with Crippen molar-refractivity contribution in [3.8, 4) is 5.69 Å². The molecule has 0 spiro atoms. The number of aromatic nitrogens is 2. The Morgan fingerprint density at radius 1 is 1.29 bits per heavy atom. The van der Waals surface area contributed by atoms with Gasteiger partial charge in [-0.05, 0) is 19.1 Å². The molecule has 0 aliphatic heterocycles. The third-order valence-corrected chi connectivity index (χ3v) is 2.71. The molecule has 2 aromatic heterocycles. The molecule has 4 heteroatoms. The molecule has 0 saturated heterocycles. The topological polar surface area (TPSA) is 48.0 Å². The zero-order valence-electron chi connectivity index (χ0n) is 9.25. The molecule has 0 unspecified atom stereocenters. The third-order valence-electron chi connectivity index (χ3n) is 2.71. The van der Waals surface area contributed by atoms with Crippen LogP contribution in [-0.2, 0) is 0 Å². The summed E-state index contributed by atoms with van der Waals surface area (Å²) in [5, 5.41) is 0.585. The Balaban J connectivity index is 2.44. The predicted octanol–water partition coefficient (Wildman–Crippen LogP) is 2.29. The van der Waals surface area contributed by atoms with Crippen molar-refractivity contribution in [1.82, 2.24) is 9.55 Å². The van der Waals surface area contributed by atoms with Gasteiger partial charge in [0.05, 0.1) is 11.7 Å². The number of rotatable bonds is 1. The molecular formula is C13H10N2O2. The van der Waals surface area contributed by atoms with Gasteiger partial charge in [-0.15, -0.1) is 0 Å². The highest BCUT2D eigenvalue weighted by Gasteiger charge is 2.11. The van der Waals surface area contributed by atoms with Crippen molar-refractivity contribution in [3.63, 3.8) is 0 Å². The molecule has 0 amide bonds. The van der Waals surface area contributed by atoms with E-state index in [1.165, 1.54) is 0 Å². The molecule has 2 heterocycles. The van der Waals surface area contributed by atoms with E-state index >= 15 is 0 Å². The average molecular weight is 226 g/mol. The molecule has 4 nitrogen and oxygen atoms in total. The van der Waals surface area contributed by atoms with E-state index in [4.69, 9.17) is 4.42 Å². The quantitative estimate of drug-likeness (QED) is 0.639. The lowest BCUT2D eigenvalue weighted by Gasteiger charge is -2.06. The highest BCUT2D eigenvalue weighted by molar-refractivity contribution is 5.78.